The lowest BCUT2D eigenvalue weighted by molar-refractivity contribution is -0.122. The number of nitrogens with one attached hydrogen (secondary N) is 5. The molecule has 1 fully saturated rings. The van der Waals surface area contributed by atoms with E-state index in [0.717, 1.165) is 53.0 Å². The molecule has 1 aliphatic rings. The van der Waals surface area contributed by atoms with Gasteiger partial charge in [-0.05, 0) is 84.8 Å². The fourth-order valence-electron chi connectivity index (χ4n) is 6.39. The van der Waals surface area contributed by atoms with Gasteiger partial charge in [-0.2, -0.15) is 10.4 Å². The first-order valence-electron chi connectivity index (χ1n) is 19.0. The number of benzene rings is 3. The van der Waals surface area contributed by atoms with E-state index in [1.807, 2.05) is 72.8 Å². The van der Waals surface area contributed by atoms with E-state index in [-0.39, 0.29) is 30.7 Å². The molecular formula is C43H46N10O4. The summed E-state index contributed by atoms with van der Waals surface area (Å²) < 4.78 is 1.59. The van der Waals surface area contributed by atoms with Crippen molar-refractivity contribution in [2.45, 2.75) is 45.2 Å². The summed E-state index contributed by atoms with van der Waals surface area (Å²) in [6.45, 7) is 4.47. The van der Waals surface area contributed by atoms with E-state index >= 15 is 0 Å². The summed E-state index contributed by atoms with van der Waals surface area (Å²) in [6.07, 6.45) is 7.86. The van der Waals surface area contributed by atoms with Gasteiger partial charge in [0.1, 0.15) is 18.4 Å². The monoisotopic (exact) mass is 766 g/mol. The van der Waals surface area contributed by atoms with Crippen molar-refractivity contribution < 1.29 is 19.2 Å². The Morgan fingerprint density at radius 3 is 2.39 bits per heavy atom. The van der Waals surface area contributed by atoms with Gasteiger partial charge in [0, 0.05) is 67.5 Å². The first-order chi connectivity index (χ1) is 27.7. The lowest BCUT2D eigenvalue weighted by Crippen LogP contribution is -2.49. The van der Waals surface area contributed by atoms with E-state index in [9.17, 15) is 19.2 Å². The van der Waals surface area contributed by atoms with Crippen LogP contribution in [0.4, 0.5) is 22.0 Å². The van der Waals surface area contributed by atoms with Gasteiger partial charge >= 0.3 is 6.03 Å². The molecule has 0 spiro atoms. The highest BCUT2D eigenvalue weighted by molar-refractivity contribution is 6.05. The fourth-order valence-corrected chi connectivity index (χ4v) is 6.39. The summed E-state index contributed by atoms with van der Waals surface area (Å²) in [5.74, 6) is 0.171. The summed E-state index contributed by atoms with van der Waals surface area (Å²) in [7, 11) is 0. The van der Waals surface area contributed by atoms with E-state index in [0.29, 0.717) is 43.4 Å². The van der Waals surface area contributed by atoms with Gasteiger partial charge in [-0.25, -0.2) is 9.78 Å². The molecule has 5 aromatic rings. The Bertz CT molecular complexity index is 2160. The summed E-state index contributed by atoms with van der Waals surface area (Å²) in [5, 5.41) is 28.4. The largest absolute Gasteiger partial charge is 0.385 e. The van der Waals surface area contributed by atoms with Crippen LogP contribution in [0, 0.1) is 17.2 Å². The predicted octanol–water partition coefficient (Wildman–Crippen LogP) is 5.42. The van der Waals surface area contributed by atoms with Crippen LogP contribution >= 0.6 is 0 Å². The van der Waals surface area contributed by atoms with Crippen LogP contribution in [-0.4, -0.2) is 64.7 Å². The van der Waals surface area contributed by atoms with Crippen LogP contribution in [0.3, 0.4) is 0 Å². The number of rotatable bonds is 18. The van der Waals surface area contributed by atoms with Crippen LogP contribution in [-0.2, 0) is 27.3 Å². The standard InChI is InChI=1S/C43H46N10O4/c1-30(17-21-45-36-12-14-37(15-13-36)53-24-20-39(54)51-43(53)57)18-22-46-40(55)29-52-28-35(27-49-52)34-11-16-38(48-26-34)50-42(56)41(33-5-3-2-4-6-33)47-23-19-31-7-9-32(25-44)10-8-31/h2-16,26-28,30,41,45,47H,17-24,29H2,1H3,(H,46,55)(H,48,50,56)(H,51,54,57)/t30-,41?/m1/s1. The van der Waals surface area contributed by atoms with Crippen molar-refractivity contribution in [2.24, 2.45) is 5.92 Å². The highest BCUT2D eigenvalue weighted by Gasteiger charge is 2.24. The highest BCUT2D eigenvalue weighted by atomic mass is 16.2. The second-order valence-electron chi connectivity index (χ2n) is 14.0. The van der Waals surface area contributed by atoms with Gasteiger partial charge in [0.2, 0.25) is 17.7 Å². The van der Waals surface area contributed by atoms with Crippen LogP contribution in [0.5, 0.6) is 0 Å². The number of urea groups is 1. The third kappa shape index (κ3) is 11.6. The number of carbonyl (C=O) groups excluding carboxylic acids is 4. The van der Waals surface area contributed by atoms with Crippen molar-refractivity contribution in [3.63, 3.8) is 0 Å². The summed E-state index contributed by atoms with van der Waals surface area (Å²) in [5.41, 5.74) is 5.78. The second kappa shape index (κ2) is 19.7. The van der Waals surface area contributed by atoms with E-state index in [1.165, 1.54) is 0 Å². The van der Waals surface area contributed by atoms with Crippen LogP contribution in [0.25, 0.3) is 11.1 Å². The molecule has 0 saturated carbocycles. The summed E-state index contributed by atoms with van der Waals surface area (Å²) in [4.78, 5) is 55.7. The molecule has 2 atom stereocenters. The molecule has 14 nitrogen and oxygen atoms in total. The molecule has 1 aliphatic heterocycles. The summed E-state index contributed by atoms with van der Waals surface area (Å²) in [6, 6.07) is 29.2. The minimum Gasteiger partial charge on any atom is -0.385 e. The zero-order valence-corrected chi connectivity index (χ0v) is 31.8. The number of aromatic nitrogens is 3. The van der Waals surface area contributed by atoms with Gasteiger partial charge in [-0.15, -0.1) is 0 Å². The number of pyridine rings is 1. The lowest BCUT2D eigenvalue weighted by Gasteiger charge is -2.26. The number of imide groups is 1. The molecule has 6 rings (SSSR count). The molecule has 5 amide bonds. The number of anilines is 3. The maximum absolute atomic E-state index is 13.5. The van der Waals surface area contributed by atoms with Crippen molar-refractivity contribution in [1.29, 1.82) is 5.26 Å². The molecule has 14 heteroatoms. The van der Waals surface area contributed by atoms with Crippen molar-refractivity contribution >= 4 is 40.9 Å². The first kappa shape index (κ1) is 39.8. The van der Waals surface area contributed by atoms with E-state index in [1.54, 1.807) is 46.4 Å². The van der Waals surface area contributed by atoms with Crippen LogP contribution in [0.1, 0.15) is 48.9 Å². The third-order valence-electron chi connectivity index (χ3n) is 9.69. The zero-order chi connectivity index (χ0) is 40.0. The number of nitrogens with zero attached hydrogens (tertiary/aromatic N) is 5. The van der Waals surface area contributed by atoms with Gasteiger partial charge < -0.3 is 21.3 Å². The molecule has 1 unspecified atom stereocenters. The molecule has 2 aromatic heterocycles. The minimum absolute atomic E-state index is 0.0853. The molecule has 0 aliphatic carbocycles. The van der Waals surface area contributed by atoms with Gasteiger partial charge in [0.15, 0.2) is 0 Å². The topological polar surface area (TPSA) is 186 Å². The second-order valence-corrected chi connectivity index (χ2v) is 14.0. The quantitative estimate of drug-likeness (QED) is 0.0777. The SMILES string of the molecule is C[C@@H](CCNC(=O)Cn1cc(-c2ccc(NC(=O)C(NCCc3ccc(C#N)cc3)c3ccccc3)nc2)cn1)CCNc1ccc(N2CCC(=O)NC2=O)cc1. The van der Waals surface area contributed by atoms with Gasteiger partial charge in [-0.1, -0.05) is 49.4 Å². The van der Waals surface area contributed by atoms with E-state index in [4.69, 9.17) is 5.26 Å². The number of amides is 5. The maximum Gasteiger partial charge on any atom is 0.328 e. The number of hydrogen-bond donors (Lipinski definition) is 5. The molecule has 0 bridgehead atoms. The lowest BCUT2D eigenvalue weighted by atomic mass is 10.0. The third-order valence-corrected chi connectivity index (χ3v) is 9.69. The normalized spacial score (nSPS) is 13.6. The minimum atomic E-state index is -0.598. The molecule has 57 heavy (non-hydrogen) atoms. The number of hydrogen-bond acceptors (Lipinski definition) is 9. The van der Waals surface area contributed by atoms with E-state index < -0.39 is 12.1 Å². The molecule has 292 valence electrons. The average molecular weight is 767 g/mol. The molecule has 3 heterocycles. The maximum atomic E-state index is 13.5. The highest BCUT2D eigenvalue weighted by Crippen LogP contribution is 2.22. The van der Waals surface area contributed by atoms with Crippen molar-refractivity contribution in [1.82, 2.24) is 30.7 Å². The van der Waals surface area contributed by atoms with Gasteiger partial charge in [0.05, 0.1) is 17.8 Å². The van der Waals surface area contributed by atoms with Crippen LogP contribution in [0.2, 0.25) is 0 Å². The van der Waals surface area contributed by atoms with Crippen molar-refractivity contribution in [2.75, 3.05) is 41.7 Å². The first-order valence-corrected chi connectivity index (χ1v) is 19.0. The van der Waals surface area contributed by atoms with E-state index in [2.05, 4.69) is 49.7 Å². The van der Waals surface area contributed by atoms with Crippen molar-refractivity contribution in [3.8, 4) is 17.2 Å². The Morgan fingerprint density at radius 2 is 1.67 bits per heavy atom. The molecule has 1 saturated heterocycles. The van der Waals surface area contributed by atoms with Gasteiger partial charge in [-0.3, -0.25) is 29.3 Å². The molecular weight excluding hydrogens is 721 g/mol. The van der Waals surface area contributed by atoms with Crippen molar-refractivity contribution in [3.05, 3.63) is 126 Å². The van der Waals surface area contributed by atoms with Crippen LogP contribution < -0.4 is 31.5 Å². The Balaban J connectivity index is 0.905. The molecule has 3 aromatic carbocycles. The molecule has 5 N–H and O–H groups in total. The Morgan fingerprint density at radius 1 is 0.895 bits per heavy atom. The number of carbonyl (C=O) groups is 4. The molecule has 0 radical (unpaired) electrons. The number of nitriles is 1. The van der Waals surface area contributed by atoms with Gasteiger partial charge in [0.25, 0.3) is 0 Å². The Labute approximate surface area is 331 Å². The predicted molar refractivity (Wildman–Crippen MR) is 218 cm³/mol. The fraction of sp³-hybridized carbons (Fsp3) is 0.279. The zero-order valence-electron chi connectivity index (χ0n) is 31.8. The average Bonchev–Trinajstić information content (AvgIpc) is 3.69. The van der Waals surface area contributed by atoms with Crippen LogP contribution in [0.15, 0.2) is 110 Å². The summed E-state index contributed by atoms with van der Waals surface area (Å²) >= 11 is 0. The Kier molecular flexibility index (Phi) is 13.7. The Hall–Kier alpha value is -6.85. The smallest absolute Gasteiger partial charge is 0.328 e.